The summed E-state index contributed by atoms with van der Waals surface area (Å²) in [6.07, 6.45) is 0. The van der Waals surface area contributed by atoms with Gasteiger partial charge in [0.05, 0.1) is 11.7 Å². The molecule has 1 atom stereocenters. The predicted molar refractivity (Wildman–Crippen MR) is 72.2 cm³/mol. The van der Waals surface area contributed by atoms with Crippen molar-refractivity contribution in [1.29, 1.82) is 0 Å². The molecular weight excluding hydrogens is 233 g/mol. The van der Waals surface area contributed by atoms with Crippen LogP contribution < -0.4 is 5.32 Å². The molecule has 17 heavy (non-hydrogen) atoms. The van der Waals surface area contributed by atoms with Crippen molar-refractivity contribution in [2.45, 2.75) is 26.8 Å². The van der Waals surface area contributed by atoms with E-state index in [1.54, 1.807) is 17.4 Å². The molecule has 3 heteroatoms. The SMILES string of the molecule is Cc1ccsc1C(C)Nc1c(C)cccc1F. The molecule has 90 valence electrons. The third kappa shape index (κ3) is 2.50. The quantitative estimate of drug-likeness (QED) is 0.833. The summed E-state index contributed by atoms with van der Waals surface area (Å²) in [5, 5.41) is 5.32. The topological polar surface area (TPSA) is 12.0 Å². The van der Waals surface area contributed by atoms with Crippen molar-refractivity contribution < 1.29 is 4.39 Å². The molecule has 0 aliphatic carbocycles. The van der Waals surface area contributed by atoms with E-state index < -0.39 is 0 Å². The number of hydrogen-bond acceptors (Lipinski definition) is 2. The van der Waals surface area contributed by atoms with Gasteiger partial charge in [0.2, 0.25) is 0 Å². The van der Waals surface area contributed by atoms with E-state index in [2.05, 4.69) is 30.6 Å². The Morgan fingerprint density at radius 1 is 1.18 bits per heavy atom. The van der Waals surface area contributed by atoms with E-state index in [9.17, 15) is 4.39 Å². The van der Waals surface area contributed by atoms with E-state index in [0.29, 0.717) is 5.69 Å². The van der Waals surface area contributed by atoms with Crippen LogP contribution in [0, 0.1) is 19.7 Å². The minimum absolute atomic E-state index is 0.130. The van der Waals surface area contributed by atoms with Crippen molar-refractivity contribution >= 4 is 17.0 Å². The number of para-hydroxylation sites is 1. The van der Waals surface area contributed by atoms with Crippen molar-refractivity contribution in [3.8, 4) is 0 Å². The fourth-order valence-corrected chi connectivity index (χ4v) is 2.86. The van der Waals surface area contributed by atoms with Crippen molar-refractivity contribution in [2.75, 3.05) is 5.32 Å². The normalized spacial score (nSPS) is 12.5. The first-order valence-electron chi connectivity index (χ1n) is 5.65. The monoisotopic (exact) mass is 249 g/mol. The Labute approximate surface area is 105 Å². The second kappa shape index (κ2) is 4.88. The molecule has 0 aliphatic heterocycles. The van der Waals surface area contributed by atoms with E-state index >= 15 is 0 Å². The Morgan fingerprint density at radius 2 is 1.94 bits per heavy atom. The van der Waals surface area contributed by atoms with Crippen LogP contribution in [0.2, 0.25) is 0 Å². The Bertz CT molecular complexity index is 498. The molecule has 2 aromatic rings. The summed E-state index contributed by atoms with van der Waals surface area (Å²) in [6.45, 7) is 6.06. The van der Waals surface area contributed by atoms with Crippen LogP contribution in [-0.4, -0.2) is 0 Å². The first-order chi connectivity index (χ1) is 8.09. The van der Waals surface area contributed by atoms with Crippen LogP contribution in [0.5, 0.6) is 0 Å². The molecule has 0 fully saturated rings. The molecule has 1 heterocycles. The molecule has 0 radical (unpaired) electrons. The summed E-state index contributed by atoms with van der Waals surface area (Å²) < 4.78 is 13.7. The molecule has 1 unspecified atom stereocenters. The Morgan fingerprint density at radius 3 is 2.53 bits per heavy atom. The van der Waals surface area contributed by atoms with E-state index in [4.69, 9.17) is 0 Å². The minimum atomic E-state index is -0.189. The van der Waals surface area contributed by atoms with E-state index in [1.807, 2.05) is 13.0 Å². The van der Waals surface area contributed by atoms with Gasteiger partial charge in [0.25, 0.3) is 0 Å². The van der Waals surface area contributed by atoms with Crippen LogP contribution in [0.4, 0.5) is 10.1 Å². The molecule has 0 amide bonds. The summed E-state index contributed by atoms with van der Waals surface area (Å²) in [6, 6.07) is 7.36. The number of nitrogens with one attached hydrogen (secondary N) is 1. The second-order valence-corrected chi connectivity index (χ2v) is 5.21. The number of thiophene rings is 1. The predicted octanol–water partition coefficient (Wildman–Crippen LogP) is 4.68. The fraction of sp³-hybridized carbons (Fsp3) is 0.286. The highest BCUT2D eigenvalue weighted by Crippen LogP contribution is 2.29. The molecule has 1 aromatic heterocycles. The molecule has 1 N–H and O–H groups in total. The van der Waals surface area contributed by atoms with Crippen LogP contribution in [0.1, 0.15) is 29.0 Å². The van der Waals surface area contributed by atoms with Crippen molar-refractivity contribution in [3.63, 3.8) is 0 Å². The van der Waals surface area contributed by atoms with Gasteiger partial charge in [-0.05, 0) is 49.4 Å². The van der Waals surface area contributed by atoms with Gasteiger partial charge >= 0.3 is 0 Å². The minimum Gasteiger partial charge on any atom is -0.375 e. The zero-order valence-corrected chi connectivity index (χ0v) is 11.1. The average molecular weight is 249 g/mol. The molecule has 2 rings (SSSR count). The zero-order valence-electron chi connectivity index (χ0n) is 10.3. The van der Waals surface area contributed by atoms with Gasteiger partial charge < -0.3 is 5.32 Å². The average Bonchev–Trinajstić information content (AvgIpc) is 2.70. The van der Waals surface area contributed by atoms with Gasteiger partial charge in [-0.2, -0.15) is 0 Å². The number of anilines is 1. The molecule has 1 nitrogen and oxygen atoms in total. The third-order valence-corrected chi connectivity index (χ3v) is 4.08. The van der Waals surface area contributed by atoms with Crippen LogP contribution in [0.3, 0.4) is 0 Å². The molecule has 0 saturated carbocycles. The van der Waals surface area contributed by atoms with Crippen molar-refractivity contribution in [2.24, 2.45) is 0 Å². The largest absolute Gasteiger partial charge is 0.375 e. The summed E-state index contributed by atoms with van der Waals surface area (Å²) in [5.41, 5.74) is 2.79. The first kappa shape index (κ1) is 12.1. The van der Waals surface area contributed by atoms with E-state index in [1.165, 1.54) is 16.5 Å². The summed E-state index contributed by atoms with van der Waals surface area (Å²) in [5.74, 6) is -0.189. The van der Waals surface area contributed by atoms with Gasteiger partial charge in [0.15, 0.2) is 0 Å². The van der Waals surface area contributed by atoms with Gasteiger partial charge in [0.1, 0.15) is 5.82 Å². The number of benzene rings is 1. The lowest BCUT2D eigenvalue weighted by Crippen LogP contribution is -2.08. The molecule has 1 aromatic carbocycles. The summed E-state index contributed by atoms with van der Waals surface area (Å²) in [4.78, 5) is 1.26. The highest BCUT2D eigenvalue weighted by Gasteiger charge is 2.13. The van der Waals surface area contributed by atoms with Crippen molar-refractivity contribution in [3.05, 3.63) is 51.5 Å². The fourth-order valence-electron chi connectivity index (χ4n) is 1.92. The molecular formula is C14H16FNS. The highest BCUT2D eigenvalue weighted by atomic mass is 32.1. The standard InChI is InChI=1S/C14H16FNS/c1-9-5-4-6-12(15)13(9)16-11(3)14-10(2)7-8-17-14/h4-8,11,16H,1-3H3. The highest BCUT2D eigenvalue weighted by molar-refractivity contribution is 7.10. The summed E-state index contributed by atoms with van der Waals surface area (Å²) in [7, 11) is 0. The second-order valence-electron chi connectivity index (χ2n) is 4.27. The van der Waals surface area contributed by atoms with Gasteiger partial charge in [-0.3, -0.25) is 0 Å². The number of hydrogen-bond donors (Lipinski definition) is 1. The van der Waals surface area contributed by atoms with Crippen LogP contribution >= 0.6 is 11.3 Å². The maximum atomic E-state index is 13.7. The molecule has 0 spiro atoms. The molecule has 0 saturated heterocycles. The molecule has 0 bridgehead atoms. The maximum Gasteiger partial charge on any atom is 0.146 e. The van der Waals surface area contributed by atoms with Crippen molar-refractivity contribution in [1.82, 2.24) is 0 Å². The maximum absolute atomic E-state index is 13.7. The number of halogens is 1. The van der Waals surface area contributed by atoms with Crippen LogP contribution in [0.25, 0.3) is 0 Å². The van der Waals surface area contributed by atoms with Crippen LogP contribution in [-0.2, 0) is 0 Å². The number of rotatable bonds is 3. The summed E-state index contributed by atoms with van der Waals surface area (Å²) >= 11 is 1.70. The first-order valence-corrected chi connectivity index (χ1v) is 6.53. The van der Waals surface area contributed by atoms with Gasteiger partial charge in [-0.25, -0.2) is 4.39 Å². The zero-order chi connectivity index (χ0) is 12.4. The molecule has 0 aliphatic rings. The Balaban J connectivity index is 2.25. The Kier molecular flexibility index (Phi) is 3.48. The van der Waals surface area contributed by atoms with E-state index in [-0.39, 0.29) is 11.9 Å². The lowest BCUT2D eigenvalue weighted by Gasteiger charge is -2.17. The van der Waals surface area contributed by atoms with Gasteiger partial charge in [0, 0.05) is 4.88 Å². The van der Waals surface area contributed by atoms with E-state index in [0.717, 1.165) is 5.56 Å². The lowest BCUT2D eigenvalue weighted by molar-refractivity contribution is 0.626. The van der Waals surface area contributed by atoms with Gasteiger partial charge in [-0.15, -0.1) is 11.3 Å². The Hall–Kier alpha value is -1.35. The number of aryl methyl sites for hydroxylation is 2. The smallest absolute Gasteiger partial charge is 0.146 e. The van der Waals surface area contributed by atoms with Gasteiger partial charge in [-0.1, -0.05) is 12.1 Å². The van der Waals surface area contributed by atoms with Crippen LogP contribution in [0.15, 0.2) is 29.6 Å². The third-order valence-electron chi connectivity index (χ3n) is 2.88. The lowest BCUT2D eigenvalue weighted by atomic mass is 10.1.